The number of amides is 2. The summed E-state index contributed by atoms with van der Waals surface area (Å²) < 4.78 is 18.6. The second-order valence-electron chi connectivity index (χ2n) is 7.03. The number of halogens is 1. The molecule has 3 N–H and O–H groups in total. The van der Waals surface area contributed by atoms with Crippen LogP contribution in [0.5, 0.6) is 0 Å². The summed E-state index contributed by atoms with van der Waals surface area (Å²) in [6, 6.07) is 9.72. The molecule has 154 valence electrons. The van der Waals surface area contributed by atoms with E-state index in [2.05, 4.69) is 10.3 Å². The fourth-order valence-corrected chi connectivity index (χ4v) is 3.46. The van der Waals surface area contributed by atoms with Crippen molar-refractivity contribution in [3.05, 3.63) is 59.0 Å². The Morgan fingerprint density at radius 1 is 1.24 bits per heavy atom. The van der Waals surface area contributed by atoms with Gasteiger partial charge < -0.3 is 20.7 Å². The van der Waals surface area contributed by atoms with Gasteiger partial charge in [0, 0.05) is 43.9 Å². The maximum Gasteiger partial charge on any atom is 0.255 e. The maximum atomic E-state index is 13.7. The monoisotopic (exact) mass is 400 g/mol. The summed E-state index contributed by atoms with van der Waals surface area (Å²) in [6.07, 6.45) is 1.56. The molecular weight excluding hydrogens is 375 g/mol. The number of nitrogen functional groups attached to an aromatic ring is 1. The molecule has 0 spiro atoms. The number of piperidine rings is 1. The number of likely N-dealkylation sites (tertiary alicyclic amines) is 1. The second kappa shape index (κ2) is 9.47. The molecule has 7 nitrogen and oxygen atoms in total. The van der Waals surface area contributed by atoms with Crippen LogP contribution in [-0.2, 0) is 16.1 Å². The molecule has 29 heavy (non-hydrogen) atoms. The number of nitrogens with one attached hydrogen (secondary N) is 1. The lowest BCUT2D eigenvalue weighted by molar-refractivity contribution is -0.136. The topological polar surface area (TPSA) is 97.5 Å². The van der Waals surface area contributed by atoms with Crippen LogP contribution in [0, 0.1) is 5.82 Å². The summed E-state index contributed by atoms with van der Waals surface area (Å²) in [5.74, 6) is -0.458. The molecule has 1 aliphatic heterocycles. The first-order valence-electron chi connectivity index (χ1n) is 9.54. The molecule has 8 heteroatoms. The van der Waals surface area contributed by atoms with Crippen molar-refractivity contribution in [1.82, 2.24) is 15.2 Å². The maximum absolute atomic E-state index is 13.7. The summed E-state index contributed by atoms with van der Waals surface area (Å²) in [6.45, 7) is 1.44. The Bertz CT molecular complexity index is 882. The first-order chi connectivity index (χ1) is 14.0. The number of rotatable bonds is 6. The molecule has 2 amide bonds. The summed E-state index contributed by atoms with van der Waals surface area (Å²) in [5.41, 5.74) is 7.49. The minimum atomic E-state index is -0.398. The largest absolute Gasteiger partial charge is 0.383 e. The van der Waals surface area contributed by atoms with Gasteiger partial charge in [0.25, 0.3) is 5.91 Å². The zero-order valence-corrected chi connectivity index (χ0v) is 16.4. The van der Waals surface area contributed by atoms with Gasteiger partial charge in [-0.2, -0.15) is 0 Å². The smallest absolute Gasteiger partial charge is 0.255 e. The lowest BCUT2D eigenvalue weighted by atomic mass is 9.92. The normalized spacial score (nSPS) is 14.6. The van der Waals surface area contributed by atoms with Gasteiger partial charge >= 0.3 is 0 Å². The summed E-state index contributed by atoms with van der Waals surface area (Å²) in [4.78, 5) is 30.5. The highest BCUT2D eigenvalue weighted by atomic mass is 19.1. The average molecular weight is 400 g/mol. The van der Waals surface area contributed by atoms with Crippen LogP contribution in [0.15, 0.2) is 36.4 Å². The molecule has 1 saturated heterocycles. The molecule has 0 unspecified atom stereocenters. The van der Waals surface area contributed by atoms with Crippen LogP contribution >= 0.6 is 0 Å². The molecule has 1 fully saturated rings. The first kappa shape index (κ1) is 20.7. The number of benzene rings is 1. The Kier molecular flexibility index (Phi) is 6.77. The van der Waals surface area contributed by atoms with Crippen LogP contribution < -0.4 is 11.1 Å². The molecule has 2 heterocycles. The molecule has 0 saturated carbocycles. The van der Waals surface area contributed by atoms with E-state index >= 15 is 0 Å². The van der Waals surface area contributed by atoms with Crippen molar-refractivity contribution in [3.8, 4) is 0 Å². The number of methoxy groups -OCH3 is 1. The number of carbonyl (C=O) groups is 2. The van der Waals surface area contributed by atoms with E-state index in [1.54, 1.807) is 35.2 Å². The van der Waals surface area contributed by atoms with Crippen LogP contribution in [0.4, 0.5) is 10.2 Å². The molecule has 3 rings (SSSR count). The summed E-state index contributed by atoms with van der Waals surface area (Å²) in [5, 5.41) is 2.67. The number of carbonyl (C=O) groups excluding carboxylic acids is 2. The summed E-state index contributed by atoms with van der Waals surface area (Å²) >= 11 is 0. The zero-order valence-electron chi connectivity index (χ0n) is 16.4. The molecule has 1 aromatic carbocycles. The van der Waals surface area contributed by atoms with Crippen LogP contribution in [0.25, 0.3) is 0 Å². The van der Waals surface area contributed by atoms with Gasteiger partial charge in [-0.1, -0.05) is 18.2 Å². The van der Waals surface area contributed by atoms with Gasteiger partial charge in [0.05, 0.1) is 5.56 Å². The first-order valence-corrected chi connectivity index (χ1v) is 9.54. The highest BCUT2D eigenvalue weighted by molar-refractivity contribution is 5.98. The van der Waals surface area contributed by atoms with Gasteiger partial charge in [-0.3, -0.25) is 9.59 Å². The molecule has 1 aliphatic rings. The number of pyridine rings is 1. The van der Waals surface area contributed by atoms with E-state index in [4.69, 9.17) is 10.5 Å². The Morgan fingerprint density at radius 2 is 1.97 bits per heavy atom. The summed E-state index contributed by atoms with van der Waals surface area (Å²) in [7, 11) is 1.51. The number of hydrogen-bond acceptors (Lipinski definition) is 5. The molecule has 2 aromatic rings. The highest BCUT2D eigenvalue weighted by Crippen LogP contribution is 2.28. The van der Waals surface area contributed by atoms with Gasteiger partial charge in [0.15, 0.2) is 0 Å². The number of aromatic nitrogens is 1. The number of anilines is 1. The number of nitrogens with two attached hydrogens (primary N) is 1. The highest BCUT2D eigenvalue weighted by Gasteiger charge is 2.25. The van der Waals surface area contributed by atoms with Crippen LogP contribution in [-0.4, -0.2) is 48.5 Å². The lowest BCUT2D eigenvalue weighted by Gasteiger charge is -2.31. The van der Waals surface area contributed by atoms with Crippen molar-refractivity contribution in [3.63, 3.8) is 0 Å². The predicted molar refractivity (Wildman–Crippen MR) is 107 cm³/mol. The molecule has 0 bridgehead atoms. The molecule has 0 atom stereocenters. The number of nitrogens with zero attached hydrogens (tertiary/aromatic N) is 2. The van der Waals surface area contributed by atoms with Gasteiger partial charge in [-0.15, -0.1) is 0 Å². The molecule has 1 aromatic heterocycles. The minimum absolute atomic E-state index is 0.0136. The van der Waals surface area contributed by atoms with Crippen LogP contribution in [0.1, 0.15) is 40.4 Å². The number of ether oxygens (including phenoxy) is 1. The minimum Gasteiger partial charge on any atom is -0.383 e. The Labute approximate surface area is 169 Å². The van der Waals surface area contributed by atoms with Gasteiger partial charge in [-0.25, -0.2) is 9.37 Å². The number of hydrogen-bond donors (Lipinski definition) is 2. The SMILES string of the molecule is COCC(=O)N1CCC(c2ccc(C(=O)NCc3ccccc3F)c(N)n2)CC1. The molecule has 0 radical (unpaired) electrons. The quantitative estimate of drug-likeness (QED) is 0.774. The van der Waals surface area contributed by atoms with Crippen molar-refractivity contribution >= 4 is 17.6 Å². The Hall–Kier alpha value is -3.00. The fraction of sp³-hybridized carbons (Fsp3) is 0.381. The Morgan fingerprint density at radius 3 is 2.62 bits per heavy atom. The third kappa shape index (κ3) is 5.08. The van der Waals surface area contributed by atoms with Crippen molar-refractivity contribution in [2.75, 3.05) is 32.5 Å². The Balaban J connectivity index is 1.59. The fourth-order valence-electron chi connectivity index (χ4n) is 3.46. The predicted octanol–water partition coefficient (Wildman–Crippen LogP) is 2.09. The van der Waals surface area contributed by atoms with Crippen LogP contribution in [0.3, 0.4) is 0 Å². The van der Waals surface area contributed by atoms with E-state index in [0.717, 1.165) is 18.5 Å². The standard InChI is InChI=1S/C21H25FN4O3/c1-29-13-19(27)26-10-8-14(9-11-26)18-7-6-16(20(23)25-18)21(28)24-12-15-4-2-3-5-17(15)22/h2-7,14H,8-13H2,1H3,(H2,23,25)(H,24,28). The van der Waals surface area contributed by atoms with Gasteiger partial charge in [-0.05, 0) is 31.0 Å². The van der Waals surface area contributed by atoms with E-state index < -0.39 is 5.91 Å². The third-order valence-corrected chi connectivity index (χ3v) is 5.12. The van der Waals surface area contributed by atoms with Crippen LogP contribution in [0.2, 0.25) is 0 Å². The van der Waals surface area contributed by atoms with E-state index in [1.165, 1.54) is 13.2 Å². The zero-order chi connectivity index (χ0) is 20.8. The molecule has 0 aliphatic carbocycles. The van der Waals surface area contributed by atoms with Gasteiger partial charge in [0.2, 0.25) is 5.91 Å². The van der Waals surface area contributed by atoms with E-state index in [0.29, 0.717) is 18.7 Å². The van der Waals surface area contributed by atoms with E-state index in [9.17, 15) is 14.0 Å². The van der Waals surface area contributed by atoms with E-state index in [-0.39, 0.29) is 42.2 Å². The molecular formula is C21H25FN4O3. The van der Waals surface area contributed by atoms with Crippen molar-refractivity contribution < 1.29 is 18.7 Å². The van der Waals surface area contributed by atoms with Crippen molar-refractivity contribution in [1.29, 1.82) is 0 Å². The lowest BCUT2D eigenvalue weighted by Crippen LogP contribution is -2.39. The second-order valence-corrected chi connectivity index (χ2v) is 7.03. The average Bonchev–Trinajstić information content (AvgIpc) is 2.73. The third-order valence-electron chi connectivity index (χ3n) is 5.12. The van der Waals surface area contributed by atoms with Crippen molar-refractivity contribution in [2.24, 2.45) is 0 Å². The van der Waals surface area contributed by atoms with Gasteiger partial charge in [0.1, 0.15) is 18.2 Å². The van der Waals surface area contributed by atoms with E-state index in [1.807, 2.05) is 0 Å². The van der Waals surface area contributed by atoms with Crippen molar-refractivity contribution in [2.45, 2.75) is 25.3 Å².